The number of hydrogen-bond acceptors (Lipinski definition) is 6. The quantitative estimate of drug-likeness (QED) is 0.260. The Labute approximate surface area is 257 Å². The van der Waals surface area contributed by atoms with Crippen molar-refractivity contribution in [2.24, 2.45) is 5.92 Å². The van der Waals surface area contributed by atoms with Gasteiger partial charge in [0.15, 0.2) is 11.6 Å². The number of piperidine rings is 2. The maximum Gasteiger partial charge on any atom is 0.237 e. The van der Waals surface area contributed by atoms with Gasteiger partial charge in [-0.1, -0.05) is 12.1 Å². The number of anilines is 3. The van der Waals surface area contributed by atoms with E-state index in [0.717, 1.165) is 58.3 Å². The van der Waals surface area contributed by atoms with Gasteiger partial charge in [0.2, 0.25) is 5.91 Å². The van der Waals surface area contributed by atoms with Crippen LogP contribution >= 0.6 is 0 Å². The van der Waals surface area contributed by atoms with E-state index < -0.39 is 11.2 Å². The van der Waals surface area contributed by atoms with Crippen molar-refractivity contribution in [3.8, 4) is 11.3 Å². The number of fused-ring (bicyclic) bond motifs is 5. The molecule has 3 aromatic heterocycles. The highest BCUT2D eigenvalue weighted by Crippen LogP contribution is 2.49. The number of aromatic nitrogens is 4. The van der Waals surface area contributed by atoms with E-state index in [1.54, 1.807) is 12.3 Å². The first-order chi connectivity index (χ1) is 21.2. The molecule has 228 valence electrons. The van der Waals surface area contributed by atoms with Crippen molar-refractivity contribution >= 4 is 34.1 Å². The summed E-state index contributed by atoms with van der Waals surface area (Å²) >= 11 is 0. The first-order valence-corrected chi connectivity index (χ1v) is 16.2. The molecule has 1 amide bonds. The van der Waals surface area contributed by atoms with Crippen molar-refractivity contribution in [3.63, 3.8) is 0 Å². The second kappa shape index (κ2) is 10.1. The summed E-state index contributed by atoms with van der Waals surface area (Å²) in [7, 11) is 0. The Balaban J connectivity index is 1.15. The molecule has 4 fully saturated rings. The zero-order valence-electron chi connectivity index (χ0n) is 25.9. The number of nitrogens with zero attached hydrogens (tertiary/aromatic N) is 6. The van der Waals surface area contributed by atoms with Crippen LogP contribution in [-0.2, 0) is 10.2 Å². The summed E-state index contributed by atoms with van der Waals surface area (Å²) in [5.41, 5.74) is 4.98. The van der Waals surface area contributed by atoms with Crippen LogP contribution in [0.15, 0.2) is 49.1 Å². The summed E-state index contributed by atoms with van der Waals surface area (Å²) in [6.07, 6.45) is 12.1. The van der Waals surface area contributed by atoms with E-state index in [9.17, 15) is 9.18 Å². The largest absolute Gasteiger partial charge is 0.336 e. The summed E-state index contributed by atoms with van der Waals surface area (Å²) in [5.74, 6) is 1.12. The molecule has 9 rings (SSSR count). The van der Waals surface area contributed by atoms with E-state index >= 15 is 0 Å². The van der Waals surface area contributed by atoms with Gasteiger partial charge < -0.3 is 14.8 Å². The van der Waals surface area contributed by atoms with E-state index in [2.05, 4.69) is 52.1 Å². The molecule has 5 aliphatic rings. The van der Waals surface area contributed by atoms with Crippen LogP contribution in [0.25, 0.3) is 22.3 Å². The van der Waals surface area contributed by atoms with Gasteiger partial charge in [0, 0.05) is 48.2 Å². The maximum absolute atomic E-state index is 14.7. The van der Waals surface area contributed by atoms with Gasteiger partial charge in [0.25, 0.3) is 0 Å². The van der Waals surface area contributed by atoms with Gasteiger partial charge in [-0.05, 0) is 95.9 Å². The van der Waals surface area contributed by atoms with Gasteiger partial charge in [-0.3, -0.25) is 14.7 Å². The number of rotatable bonds is 6. The fourth-order valence-electron chi connectivity index (χ4n) is 8.19. The number of carbonyl (C=O) groups excluding carboxylic acids is 1. The number of amides is 1. The lowest BCUT2D eigenvalue weighted by Crippen LogP contribution is -2.61. The van der Waals surface area contributed by atoms with Crippen LogP contribution in [0.5, 0.6) is 0 Å². The number of carbonyl (C=O) groups is 1. The number of imidazole rings is 1. The summed E-state index contributed by atoms with van der Waals surface area (Å²) in [6, 6.07) is 11.5. The Kier molecular flexibility index (Phi) is 6.35. The lowest BCUT2D eigenvalue weighted by Gasteiger charge is -2.54. The second-order valence-electron chi connectivity index (χ2n) is 14.1. The Morgan fingerprint density at radius 2 is 1.82 bits per heavy atom. The molecule has 2 saturated carbocycles. The third kappa shape index (κ3) is 4.26. The van der Waals surface area contributed by atoms with E-state index in [-0.39, 0.29) is 18.0 Å². The lowest BCUT2D eigenvalue weighted by atomic mass is 9.75. The van der Waals surface area contributed by atoms with Gasteiger partial charge in [0.1, 0.15) is 5.52 Å². The molecule has 6 heterocycles. The zero-order valence-corrected chi connectivity index (χ0v) is 25.9. The van der Waals surface area contributed by atoms with Crippen molar-refractivity contribution < 1.29 is 9.18 Å². The van der Waals surface area contributed by atoms with Crippen molar-refractivity contribution in [2.45, 2.75) is 95.8 Å². The third-order valence-electron chi connectivity index (χ3n) is 10.8. The van der Waals surface area contributed by atoms with Crippen molar-refractivity contribution in [1.82, 2.24) is 24.4 Å². The highest BCUT2D eigenvalue weighted by Gasteiger charge is 2.51. The molecule has 1 aromatic carbocycles. The minimum Gasteiger partial charge on any atom is -0.336 e. The predicted molar refractivity (Wildman–Crippen MR) is 171 cm³/mol. The molecule has 9 heteroatoms. The number of nitrogens with one attached hydrogen (secondary N) is 1. The van der Waals surface area contributed by atoms with Crippen LogP contribution in [0.1, 0.15) is 77.8 Å². The zero-order chi connectivity index (χ0) is 30.3. The molecule has 4 aromatic rings. The van der Waals surface area contributed by atoms with Crippen LogP contribution < -0.4 is 10.2 Å². The van der Waals surface area contributed by atoms with Gasteiger partial charge in [-0.2, -0.15) is 0 Å². The summed E-state index contributed by atoms with van der Waals surface area (Å²) in [5, 5.41) is 3.22. The normalized spacial score (nSPS) is 26.0. The monoisotopic (exact) mass is 593 g/mol. The molecule has 0 unspecified atom stereocenters. The standard InChI is InChI=1S/C35H40FN7O/c1-20(2)42-19-38-30-16-29(40-33(32(30)42)39-28-11-12-37-17-27(28)36)22-7-10-26-31(13-22)43(34(44)35(26,3)4)25-14-24(15-25)41-18-21-5-8-23(41)9-6-21/h7,10-13,16-17,19-21,23-25H,5-6,8-9,14-15,18H2,1-4H3,(H,37,39,40). The number of halogens is 1. The molecular weight excluding hydrogens is 553 g/mol. The van der Waals surface area contributed by atoms with Gasteiger partial charge >= 0.3 is 0 Å². The van der Waals surface area contributed by atoms with Crippen LogP contribution in [-0.4, -0.2) is 55.0 Å². The van der Waals surface area contributed by atoms with Crippen LogP contribution in [0.4, 0.5) is 21.6 Å². The van der Waals surface area contributed by atoms with Crippen LogP contribution in [0.2, 0.25) is 0 Å². The predicted octanol–water partition coefficient (Wildman–Crippen LogP) is 6.99. The molecule has 44 heavy (non-hydrogen) atoms. The fourth-order valence-corrected chi connectivity index (χ4v) is 8.19. The molecule has 2 saturated heterocycles. The number of hydrogen-bond donors (Lipinski definition) is 1. The Morgan fingerprint density at radius 3 is 2.52 bits per heavy atom. The fraction of sp³-hybridized carbons (Fsp3) is 0.486. The average Bonchev–Trinajstić information content (AvgIpc) is 3.52. The average molecular weight is 594 g/mol. The molecule has 2 bridgehead atoms. The molecule has 3 aliphatic heterocycles. The minimum atomic E-state index is -0.581. The minimum absolute atomic E-state index is 0.142. The highest BCUT2D eigenvalue weighted by atomic mass is 19.1. The Hall–Kier alpha value is -3.85. The van der Waals surface area contributed by atoms with E-state index in [0.29, 0.717) is 17.5 Å². The smallest absolute Gasteiger partial charge is 0.237 e. The van der Waals surface area contributed by atoms with Crippen LogP contribution in [0.3, 0.4) is 0 Å². The first-order valence-electron chi connectivity index (χ1n) is 16.2. The van der Waals surface area contributed by atoms with E-state index in [1.165, 1.54) is 38.4 Å². The molecule has 1 N–H and O–H groups in total. The van der Waals surface area contributed by atoms with Crippen molar-refractivity contribution in [1.29, 1.82) is 0 Å². The summed E-state index contributed by atoms with van der Waals surface area (Å²) in [4.78, 5) is 32.4. The molecule has 0 radical (unpaired) electrons. The number of benzene rings is 1. The molecule has 2 aliphatic carbocycles. The Morgan fingerprint density at radius 1 is 1.02 bits per heavy atom. The van der Waals surface area contributed by atoms with Crippen molar-refractivity contribution in [2.75, 3.05) is 16.8 Å². The van der Waals surface area contributed by atoms with Gasteiger partial charge in [-0.15, -0.1) is 0 Å². The van der Waals surface area contributed by atoms with E-state index in [1.807, 2.05) is 30.8 Å². The topological polar surface area (TPSA) is 79.2 Å². The lowest BCUT2D eigenvalue weighted by molar-refractivity contribution is -0.123. The van der Waals surface area contributed by atoms with Gasteiger partial charge in [0.05, 0.1) is 34.8 Å². The maximum atomic E-state index is 14.7. The molecular formula is C35H40FN7O. The van der Waals surface area contributed by atoms with E-state index in [4.69, 9.17) is 9.97 Å². The SMILES string of the molecule is CC(C)n1cnc2cc(-c3ccc4c(c3)N(C3CC(N5CC6CCC5CC6)C3)C(=O)C4(C)C)nc(Nc3ccncc3F)c21. The highest BCUT2D eigenvalue weighted by molar-refractivity contribution is 6.08. The Bertz CT molecular complexity index is 1770. The van der Waals surface area contributed by atoms with Crippen LogP contribution in [0, 0.1) is 11.7 Å². The molecule has 0 spiro atoms. The summed E-state index contributed by atoms with van der Waals surface area (Å²) < 4.78 is 16.7. The molecule has 0 atom stereocenters. The first kappa shape index (κ1) is 27.7. The summed E-state index contributed by atoms with van der Waals surface area (Å²) in [6.45, 7) is 9.49. The van der Waals surface area contributed by atoms with Gasteiger partial charge in [-0.25, -0.2) is 14.4 Å². The second-order valence-corrected chi connectivity index (χ2v) is 14.1. The van der Waals surface area contributed by atoms with Crippen molar-refractivity contribution in [3.05, 3.63) is 60.4 Å². The number of pyridine rings is 2. The molecule has 8 nitrogen and oxygen atoms in total. The third-order valence-corrected chi connectivity index (χ3v) is 10.8.